The van der Waals surface area contributed by atoms with Gasteiger partial charge in [-0.25, -0.2) is 0 Å². The van der Waals surface area contributed by atoms with E-state index in [0.717, 1.165) is 11.3 Å². The lowest BCUT2D eigenvalue weighted by atomic mass is 9.85. The van der Waals surface area contributed by atoms with Crippen LogP contribution in [0.2, 0.25) is 0 Å². The summed E-state index contributed by atoms with van der Waals surface area (Å²) in [6, 6.07) is 7.56. The fraction of sp³-hybridized carbons (Fsp3) is 0.562. The van der Waals surface area contributed by atoms with Crippen LogP contribution in [0.1, 0.15) is 32.8 Å². The SMILES string of the molecule is CC(C)(C)OC(=O)CNC1(CO)CCOc2ccccc21. The van der Waals surface area contributed by atoms with Crippen LogP contribution in [0, 0.1) is 0 Å². The molecule has 0 saturated carbocycles. The third-order valence-electron chi connectivity index (χ3n) is 3.45. The molecule has 1 aliphatic rings. The molecule has 5 heteroatoms. The number of esters is 1. The Bertz CT molecular complexity index is 509. The van der Waals surface area contributed by atoms with Crippen molar-refractivity contribution in [1.29, 1.82) is 0 Å². The van der Waals surface area contributed by atoms with Gasteiger partial charge in [0.2, 0.25) is 0 Å². The van der Waals surface area contributed by atoms with Crippen LogP contribution < -0.4 is 10.1 Å². The molecule has 1 aliphatic heterocycles. The standard InChI is InChI=1S/C16H23NO4/c1-15(2,3)21-14(19)10-17-16(11-18)8-9-20-13-7-5-4-6-12(13)16/h4-7,17-18H,8-11H2,1-3H3. The molecule has 1 aromatic carbocycles. The number of aliphatic hydroxyl groups is 1. The second-order valence-electron chi connectivity index (χ2n) is 6.27. The highest BCUT2D eigenvalue weighted by atomic mass is 16.6. The van der Waals surface area contributed by atoms with Gasteiger partial charge in [0.1, 0.15) is 11.4 Å². The van der Waals surface area contributed by atoms with Gasteiger partial charge in [-0.3, -0.25) is 10.1 Å². The Morgan fingerprint density at radius 1 is 1.43 bits per heavy atom. The third-order valence-corrected chi connectivity index (χ3v) is 3.45. The fourth-order valence-corrected chi connectivity index (χ4v) is 2.48. The molecule has 0 aromatic heterocycles. The number of rotatable bonds is 4. The first-order valence-corrected chi connectivity index (χ1v) is 7.16. The Labute approximate surface area is 125 Å². The minimum absolute atomic E-state index is 0.0478. The molecule has 2 rings (SSSR count). The average Bonchev–Trinajstić information content (AvgIpc) is 2.43. The topological polar surface area (TPSA) is 67.8 Å². The van der Waals surface area contributed by atoms with Gasteiger partial charge in [-0.15, -0.1) is 0 Å². The predicted molar refractivity (Wildman–Crippen MR) is 79.2 cm³/mol. The Hall–Kier alpha value is -1.59. The van der Waals surface area contributed by atoms with Crippen LogP contribution in [0.25, 0.3) is 0 Å². The average molecular weight is 293 g/mol. The van der Waals surface area contributed by atoms with Gasteiger partial charge in [0.25, 0.3) is 0 Å². The maximum Gasteiger partial charge on any atom is 0.320 e. The molecule has 116 valence electrons. The van der Waals surface area contributed by atoms with E-state index in [9.17, 15) is 9.90 Å². The number of hydrogen-bond acceptors (Lipinski definition) is 5. The third kappa shape index (κ3) is 3.74. The zero-order chi connectivity index (χ0) is 15.5. The number of hydrogen-bond donors (Lipinski definition) is 2. The number of carbonyl (C=O) groups is 1. The Balaban J connectivity index is 2.11. The number of nitrogens with one attached hydrogen (secondary N) is 1. The molecule has 0 amide bonds. The number of carbonyl (C=O) groups excluding carboxylic acids is 1. The molecule has 0 aliphatic carbocycles. The smallest absolute Gasteiger partial charge is 0.320 e. The van der Waals surface area contributed by atoms with E-state index in [2.05, 4.69) is 5.32 Å². The summed E-state index contributed by atoms with van der Waals surface area (Å²) in [5.41, 5.74) is -0.299. The summed E-state index contributed by atoms with van der Waals surface area (Å²) in [5.74, 6) is 0.411. The van der Waals surface area contributed by atoms with Gasteiger partial charge in [-0.1, -0.05) is 18.2 Å². The fourth-order valence-electron chi connectivity index (χ4n) is 2.48. The van der Waals surface area contributed by atoms with Gasteiger partial charge in [0.05, 0.1) is 25.3 Å². The van der Waals surface area contributed by atoms with Gasteiger partial charge in [-0.05, 0) is 26.8 Å². The van der Waals surface area contributed by atoms with Crippen LogP contribution in [0.15, 0.2) is 24.3 Å². The lowest BCUT2D eigenvalue weighted by molar-refractivity contribution is -0.154. The Kier molecular flexibility index (Phi) is 4.54. The van der Waals surface area contributed by atoms with Gasteiger partial charge in [-0.2, -0.15) is 0 Å². The molecule has 1 aromatic rings. The lowest BCUT2D eigenvalue weighted by Crippen LogP contribution is -2.51. The Morgan fingerprint density at radius 2 is 2.14 bits per heavy atom. The quantitative estimate of drug-likeness (QED) is 0.825. The van der Waals surface area contributed by atoms with Crippen LogP contribution in [0.3, 0.4) is 0 Å². The van der Waals surface area contributed by atoms with Crippen molar-refractivity contribution in [2.75, 3.05) is 19.8 Å². The van der Waals surface area contributed by atoms with E-state index in [1.807, 2.05) is 45.0 Å². The normalized spacial score (nSPS) is 21.3. The number of aliphatic hydroxyl groups excluding tert-OH is 1. The summed E-state index contributed by atoms with van der Waals surface area (Å²) in [5, 5.41) is 13.0. The molecule has 5 nitrogen and oxygen atoms in total. The molecule has 2 N–H and O–H groups in total. The molecular formula is C16H23NO4. The van der Waals surface area contributed by atoms with E-state index < -0.39 is 11.1 Å². The van der Waals surface area contributed by atoms with Crippen LogP contribution >= 0.6 is 0 Å². The maximum atomic E-state index is 11.9. The minimum atomic E-state index is -0.661. The molecule has 0 bridgehead atoms. The van der Waals surface area contributed by atoms with Crippen LogP contribution in [-0.2, 0) is 15.1 Å². The number of para-hydroxylation sites is 1. The highest BCUT2D eigenvalue weighted by Gasteiger charge is 2.37. The van der Waals surface area contributed by atoms with E-state index >= 15 is 0 Å². The number of ether oxygens (including phenoxy) is 2. The van der Waals surface area contributed by atoms with Crippen LogP contribution in [0.4, 0.5) is 0 Å². The van der Waals surface area contributed by atoms with Gasteiger partial charge >= 0.3 is 5.97 Å². The molecule has 1 atom stereocenters. The predicted octanol–water partition coefficient (Wildman–Crippen LogP) is 1.59. The monoisotopic (exact) mass is 293 g/mol. The van der Waals surface area contributed by atoms with E-state index in [-0.39, 0.29) is 19.1 Å². The minimum Gasteiger partial charge on any atom is -0.493 e. The highest BCUT2D eigenvalue weighted by Crippen LogP contribution is 2.36. The van der Waals surface area contributed by atoms with E-state index in [1.165, 1.54) is 0 Å². The summed E-state index contributed by atoms with van der Waals surface area (Å²) in [6.07, 6.45) is 0.601. The van der Waals surface area contributed by atoms with E-state index in [4.69, 9.17) is 9.47 Å². The van der Waals surface area contributed by atoms with Crippen molar-refractivity contribution >= 4 is 5.97 Å². The lowest BCUT2D eigenvalue weighted by Gasteiger charge is -2.38. The van der Waals surface area contributed by atoms with Gasteiger partial charge < -0.3 is 14.6 Å². The molecule has 0 radical (unpaired) electrons. The molecule has 1 unspecified atom stereocenters. The second-order valence-corrected chi connectivity index (χ2v) is 6.27. The molecule has 1 heterocycles. The zero-order valence-electron chi connectivity index (χ0n) is 12.8. The van der Waals surface area contributed by atoms with Crippen molar-refractivity contribution in [3.63, 3.8) is 0 Å². The summed E-state index contributed by atoms with van der Waals surface area (Å²) in [7, 11) is 0. The van der Waals surface area contributed by atoms with Crippen LogP contribution in [0.5, 0.6) is 5.75 Å². The first-order chi connectivity index (χ1) is 9.86. The van der Waals surface area contributed by atoms with Gasteiger partial charge in [0, 0.05) is 12.0 Å². The van der Waals surface area contributed by atoms with Crippen molar-refractivity contribution in [2.45, 2.75) is 38.3 Å². The number of benzene rings is 1. The molecule has 0 saturated heterocycles. The largest absolute Gasteiger partial charge is 0.493 e. The molecule has 0 spiro atoms. The second kappa shape index (κ2) is 6.03. The first-order valence-electron chi connectivity index (χ1n) is 7.16. The molecular weight excluding hydrogens is 270 g/mol. The highest BCUT2D eigenvalue weighted by molar-refractivity contribution is 5.72. The van der Waals surface area contributed by atoms with E-state index in [0.29, 0.717) is 13.0 Å². The van der Waals surface area contributed by atoms with Crippen molar-refractivity contribution in [1.82, 2.24) is 5.32 Å². The maximum absolute atomic E-state index is 11.9. The first kappa shape index (κ1) is 15.8. The molecule has 0 fully saturated rings. The summed E-state index contributed by atoms with van der Waals surface area (Å²) < 4.78 is 10.9. The van der Waals surface area contributed by atoms with E-state index in [1.54, 1.807) is 0 Å². The summed E-state index contributed by atoms with van der Waals surface area (Å²) in [4.78, 5) is 11.9. The van der Waals surface area contributed by atoms with Crippen molar-refractivity contribution in [3.8, 4) is 5.75 Å². The molecule has 21 heavy (non-hydrogen) atoms. The summed E-state index contributed by atoms with van der Waals surface area (Å²) >= 11 is 0. The van der Waals surface area contributed by atoms with Gasteiger partial charge in [0.15, 0.2) is 0 Å². The number of fused-ring (bicyclic) bond motifs is 1. The zero-order valence-corrected chi connectivity index (χ0v) is 12.8. The van der Waals surface area contributed by atoms with Crippen LogP contribution in [-0.4, -0.2) is 36.4 Å². The van der Waals surface area contributed by atoms with Crippen molar-refractivity contribution in [3.05, 3.63) is 29.8 Å². The Morgan fingerprint density at radius 3 is 2.81 bits per heavy atom. The van der Waals surface area contributed by atoms with Crippen molar-refractivity contribution in [2.24, 2.45) is 0 Å². The summed E-state index contributed by atoms with van der Waals surface area (Å²) in [6.45, 7) is 5.94. The van der Waals surface area contributed by atoms with Crippen molar-refractivity contribution < 1.29 is 19.4 Å².